The highest BCUT2D eigenvalue weighted by molar-refractivity contribution is 8.00. The summed E-state index contributed by atoms with van der Waals surface area (Å²) in [6.45, 7) is 0.693. The van der Waals surface area contributed by atoms with E-state index in [1.165, 1.54) is 28.8 Å². The molecule has 20 heavy (non-hydrogen) atoms. The van der Waals surface area contributed by atoms with Crippen LogP contribution in [0.3, 0.4) is 0 Å². The van der Waals surface area contributed by atoms with Gasteiger partial charge in [0.15, 0.2) is 0 Å². The Bertz CT molecular complexity index is 484. The number of thioether (sulfide) groups is 1. The van der Waals surface area contributed by atoms with E-state index >= 15 is 0 Å². The molecule has 0 spiro atoms. The zero-order valence-corrected chi connectivity index (χ0v) is 12.3. The Morgan fingerprint density at radius 1 is 1.30 bits per heavy atom. The van der Waals surface area contributed by atoms with Crippen molar-refractivity contribution in [3.63, 3.8) is 0 Å². The predicted octanol–water partition coefficient (Wildman–Crippen LogP) is -1.85. The van der Waals surface area contributed by atoms with Crippen molar-refractivity contribution in [2.45, 2.75) is 18.2 Å². The van der Waals surface area contributed by atoms with Crippen molar-refractivity contribution >= 4 is 23.6 Å². The van der Waals surface area contributed by atoms with E-state index in [2.05, 4.69) is 0 Å². The van der Waals surface area contributed by atoms with E-state index in [4.69, 9.17) is 5.73 Å². The molecule has 2 rings (SSSR count). The minimum Gasteiger partial charge on any atom is -1.00 e. The SMILES string of the molecule is NCCSC1CC(=O)N(Cc2ccc(F)cc2)C1=O.[Cl-]. The highest BCUT2D eigenvalue weighted by Gasteiger charge is 2.38. The van der Waals surface area contributed by atoms with Gasteiger partial charge < -0.3 is 18.1 Å². The zero-order valence-electron chi connectivity index (χ0n) is 10.7. The van der Waals surface area contributed by atoms with E-state index < -0.39 is 0 Å². The lowest BCUT2D eigenvalue weighted by molar-refractivity contribution is -0.138. The number of imide groups is 1. The van der Waals surface area contributed by atoms with Crippen LogP contribution in [0, 0.1) is 5.82 Å². The van der Waals surface area contributed by atoms with Gasteiger partial charge in [0.2, 0.25) is 11.8 Å². The summed E-state index contributed by atoms with van der Waals surface area (Å²) in [7, 11) is 0. The van der Waals surface area contributed by atoms with Crippen molar-refractivity contribution in [1.82, 2.24) is 4.90 Å². The molecule has 1 saturated heterocycles. The van der Waals surface area contributed by atoms with E-state index in [1.54, 1.807) is 12.1 Å². The third kappa shape index (κ3) is 3.94. The van der Waals surface area contributed by atoms with Crippen molar-refractivity contribution in [2.24, 2.45) is 5.73 Å². The molecular weight excluding hydrogens is 303 g/mol. The van der Waals surface area contributed by atoms with Crippen LogP contribution in [-0.2, 0) is 16.1 Å². The molecular formula is C13H15ClFN2O2S-. The molecule has 2 amide bonds. The molecule has 1 fully saturated rings. The molecule has 0 aromatic heterocycles. The number of benzene rings is 1. The molecule has 7 heteroatoms. The number of amides is 2. The van der Waals surface area contributed by atoms with Gasteiger partial charge >= 0.3 is 0 Å². The first-order chi connectivity index (χ1) is 9.11. The number of likely N-dealkylation sites (tertiary alicyclic amines) is 1. The average Bonchev–Trinajstić information content (AvgIpc) is 2.66. The topological polar surface area (TPSA) is 63.4 Å². The Kier molecular flexibility index (Phi) is 6.45. The first kappa shape index (κ1) is 16.9. The Labute approximate surface area is 127 Å². The molecule has 1 unspecified atom stereocenters. The van der Waals surface area contributed by atoms with Crippen LogP contribution >= 0.6 is 11.8 Å². The van der Waals surface area contributed by atoms with Crippen LogP contribution in [0.25, 0.3) is 0 Å². The van der Waals surface area contributed by atoms with Gasteiger partial charge in [-0.15, -0.1) is 11.8 Å². The number of hydrogen-bond donors (Lipinski definition) is 1. The largest absolute Gasteiger partial charge is 1.00 e. The van der Waals surface area contributed by atoms with Crippen LogP contribution in [0.1, 0.15) is 12.0 Å². The number of halogens is 2. The fourth-order valence-electron chi connectivity index (χ4n) is 1.93. The Morgan fingerprint density at radius 3 is 2.55 bits per heavy atom. The van der Waals surface area contributed by atoms with Crippen molar-refractivity contribution in [3.8, 4) is 0 Å². The Balaban J connectivity index is 0.00000200. The molecule has 1 aliphatic heterocycles. The van der Waals surface area contributed by atoms with Gasteiger partial charge in [0.05, 0.1) is 11.8 Å². The molecule has 1 aromatic rings. The van der Waals surface area contributed by atoms with Crippen LogP contribution in [0.4, 0.5) is 4.39 Å². The first-order valence-corrected chi connectivity index (χ1v) is 7.07. The van der Waals surface area contributed by atoms with Crippen LogP contribution < -0.4 is 18.1 Å². The standard InChI is InChI=1S/C13H15FN2O2S.ClH/c14-10-3-1-9(2-4-10)8-16-12(17)7-11(13(16)18)19-6-5-15;/h1-4,11H,5-8,15H2;1H/p-1. The van der Waals surface area contributed by atoms with E-state index in [0.717, 1.165) is 5.56 Å². The number of nitrogens with two attached hydrogens (primary N) is 1. The normalized spacial score (nSPS) is 18.3. The highest BCUT2D eigenvalue weighted by atomic mass is 35.5. The van der Waals surface area contributed by atoms with Gasteiger partial charge in [-0.1, -0.05) is 12.1 Å². The predicted molar refractivity (Wildman–Crippen MR) is 71.9 cm³/mol. The summed E-state index contributed by atoms with van der Waals surface area (Å²) in [4.78, 5) is 25.1. The number of carbonyl (C=O) groups is 2. The molecule has 1 aliphatic rings. The van der Waals surface area contributed by atoms with Crippen LogP contribution in [0.15, 0.2) is 24.3 Å². The number of carbonyl (C=O) groups excluding carboxylic acids is 2. The molecule has 110 valence electrons. The number of nitrogens with zero attached hydrogens (tertiary/aromatic N) is 1. The Morgan fingerprint density at radius 2 is 1.95 bits per heavy atom. The molecule has 1 aromatic carbocycles. The summed E-state index contributed by atoms with van der Waals surface area (Å²) in [6.07, 6.45) is 0.227. The molecule has 1 heterocycles. The van der Waals surface area contributed by atoms with Crippen molar-refractivity contribution in [3.05, 3.63) is 35.6 Å². The van der Waals surface area contributed by atoms with Gasteiger partial charge in [-0.25, -0.2) is 4.39 Å². The lowest BCUT2D eigenvalue weighted by atomic mass is 10.2. The summed E-state index contributed by atoms with van der Waals surface area (Å²) >= 11 is 1.42. The van der Waals surface area contributed by atoms with Crippen LogP contribution in [-0.4, -0.2) is 34.3 Å². The third-order valence-corrected chi connectivity index (χ3v) is 4.14. The maximum atomic E-state index is 12.8. The summed E-state index contributed by atoms with van der Waals surface area (Å²) in [5.74, 6) is -0.0236. The van der Waals surface area contributed by atoms with Gasteiger partial charge in [0.1, 0.15) is 5.82 Å². The average molecular weight is 318 g/mol. The lowest BCUT2D eigenvalue weighted by Crippen LogP contribution is -3.00. The molecule has 0 aliphatic carbocycles. The monoisotopic (exact) mass is 317 g/mol. The summed E-state index contributed by atoms with van der Waals surface area (Å²) in [5, 5.41) is -0.323. The Hall–Kier alpha value is -1.11. The summed E-state index contributed by atoms with van der Waals surface area (Å²) in [6, 6.07) is 5.80. The molecule has 2 N–H and O–H groups in total. The highest BCUT2D eigenvalue weighted by Crippen LogP contribution is 2.26. The maximum absolute atomic E-state index is 12.8. The van der Waals surface area contributed by atoms with Gasteiger partial charge in [-0.3, -0.25) is 14.5 Å². The van der Waals surface area contributed by atoms with Gasteiger partial charge in [0, 0.05) is 18.7 Å². The number of hydrogen-bond acceptors (Lipinski definition) is 4. The molecule has 0 saturated carbocycles. The fourth-order valence-corrected chi connectivity index (χ4v) is 2.88. The van der Waals surface area contributed by atoms with E-state index in [1.807, 2.05) is 0 Å². The van der Waals surface area contributed by atoms with Crippen LogP contribution in [0.5, 0.6) is 0 Å². The van der Waals surface area contributed by atoms with Crippen molar-refractivity contribution < 1.29 is 26.4 Å². The van der Waals surface area contributed by atoms with E-state index in [0.29, 0.717) is 12.3 Å². The summed E-state index contributed by atoms with van der Waals surface area (Å²) in [5.41, 5.74) is 6.14. The van der Waals surface area contributed by atoms with Gasteiger partial charge in [-0.2, -0.15) is 0 Å². The minimum absolute atomic E-state index is 0. The zero-order chi connectivity index (χ0) is 13.8. The number of rotatable bonds is 5. The van der Waals surface area contributed by atoms with Gasteiger partial charge in [-0.05, 0) is 17.7 Å². The molecule has 4 nitrogen and oxygen atoms in total. The first-order valence-electron chi connectivity index (χ1n) is 6.02. The van der Waals surface area contributed by atoms with Crippen molar-refractivity contribution in [1.29, 1.82) is 0 Å². The lowest BCUT2D eigenvalue weighted by Gasteiger charge is -2.14. The van der Waals surface area contributed by atoms with Crippen LogP contribution in [0.2, 0.25) is 0 Å². The smallest absolute Gasteiger partial charge is 0.243 e. The molecule has 0 bridgehead atoms. The quantitative estimate of drug-likeness (QED) is 0.648. The minimum atomic E-state index is -0.334. The van der Waals surface area contributed by atoms with E-state index in [9.17, 15) is 14.0 Å². The third-order valence-electron chi connectivity index (χ3n) is 2.89. The van der Waals surface area contributed by atoms with Crippen molar-refractivity contribution in [2.75, 3.05) is 12.3 Å². The van der Waals surface area contributed by atoms with Gasteiger partial charge in [0.25, 0.3) is 0 Å². The summed E-state index contributed by atoms with van der Waals surface area (Å²) < 4.78 is 12.8. The second-order valence-corrected chi connectivity index (χ2v) is 5.61. The second-order valence-electron chi connectivity index (χ2n) is 4.30. The molecule has 1 atom stereocenters. The van der Waals surface area contributed by atoms with E-state index in [-0.39, 0.29) is 48.3 Å². The fraction of sp³-hybridized carbons (Fsp3) is 0.385. The maximum Gasteiger partial charge on any atom is 0.243 e. The molecule has 0 radical (unpaired) electrons. The second kappa shape index (κ2) is 7.61.